The fraction of sp³-hybridized carbons (Fsp3) is 0.0625. The highest BCUT2D eigenvalue weighted by molar-refractivity contribution is 7.13. The lowest BCUT2D eigenvalue weighted by molar-refractivity contribution is 1.23. The molecule has 1 nitrogen and oxygen atoms in total. The molecule has 0 radical (unpaired) electrons. The number of pyridine rings is 1. The second-order valence-electron chi connectivity index (χ2n) is 4.52. The molecule has 0 saturated carbocycles. The van der Waals surface area contributed by atoms with Crippen LogP contribution in [-0.2, 0) is 6.42 Å². The second kappa shape index (κ2) is 3.79. The van der Waals surface area contributed by atoms with Gasteiger partial charge in [-0.2, -0.15) is 0 Å². The highest BCUT2D eigenvalue weighted by Gasteiger charge is 2.19. The fourth-order valence-electron chi connectivity index (χ4n) is 2.54. The van der Waals surface area contributed by atoms with E-state index in [0.717, 1.165) is 17.8 Å². The van der Waals surface area contributed by atoms with Crippen LogP contribution >= 0.6 is 11.3 Å². The van der Waals surface area contributed by atoms with Gasteiger partial charge in [0.25, 0.3) is 0 Å². The van der Waals surface area contributed by atoms with E-state index in [4.69, 9.17) is 4.98 Å². The van der Waals surface area contributed by atoms with Crippen molar-refractivity contribution in [3.05, 3.63) is 65.0 Å². The molecule has 0 bridgehead atoms. The second-order valence-corrected chi connectivity index (χ2v) is 5.46. The summed E-state index contributed by atoms with van der Waals surface area (Å²) in [5, 5.41) is 2.10. The number of hydrogen-bond donors (Lipinski definition) is 0. The Hall–Kier alpha value is -1.93. The number of fused-ring (bicyclic) bond motifs is 3. The largest absolute Gasteiger partial charge is 0.247 e. The number of thiophene rings is 1. The maximum Gasteiger partial charge on any atom is 0.0809 e. The Balaban J connectivity index is 1.91. The first kappa shape index (κ1) is 10.0. The molecule has 0 saturated heterocycles. The molecule has 0 fully saturated rings. The molecule has 1 aromatic carbocycles. The number of benzene rings is 1. The Kier molecular flexibility index (Phi) is 2.11. The molecule has 18 heavy (non-hydrogen) atoms. The minimum atomic E-state index is 1.02. The minimum absolute atomic E-state index is 1.02. The zero-order chi connectivity index (χ0) is 11.9. The van der Waals surface area contributed by atoms with Crippen LogP contribution in [0.25, 0.3) is 21.8 Å². The van der Waals surface area contributed by atoms with E-state index in [1.165, 1.54) is 21.6 Å². The number of nitrogens with zero attached hydrogens (tertiary/aromatic N) is 1. The first-order chi connectivity index (χ1) is 8.92. The van der Waals surface area contributed by atoms with Gasteiger partial charge in [0.1, 0.15) is 0 Å². The van der Waals surface area contributed by atoms with Gasteiger partial charge in [0.2, 0.25) is 0 Å². The summed E-state index contributed by atoms with van der Waals surface area (Å²) in [7, 11) is 0. The smallest absolute Gasteiger partial charge is 0.0809 e. The molecule has 1 aliphatic rings. The van der Waals surface area contributed by atoms with Gasteiger partial charge in [0.05, 0.1) is 16.3 Å². The molecule has 1 aliphatic carbocycles. The standard InChI is InChI=1S/C16H11NS/c1-2-5-13-11(4-1)10-12-7-8-14(17-16(12)13)15-6-3-9-18-15/h1-9H,10H2. The van der Waals surface area contributed by atoms with Gasteiger partial charge in [-0.1, -0.05) is 36.4 Å². The summed E-state index contributed by atoms with van der Waals surface area (Å²) in [6, 6.07) is 17.1. The third kappa shape index (κ3) is 1.42. The van der Waals surface area contributed by atoms with Gasteiger partial charge in [0, 0.05) is 12.0 Å². The van der Waals surface area contributed by atoms with Gasteiger partial charge in [-0.05, 0) is 28.6 Å². The molecular weight excluding hydrogens is 238 g/mol. The van der Waals surface area contributed by atoms with Crippen LogP contribution in [-0.4, -0.2) is 4.98 Å². The average molecular weight is 249 g/mol. The van der Waals surface area contributed by atoms with E-state index in [2.05, 4.69) is 53.9 Å². The quantitative estimate of drug-likeness (QED) is 0.488. The number of hydrogen-bond acceptors (Lipinski definition) is 2. The van der Waals surface area contributed by atoms with Crippen molar-refractivity contribution in [2.75, 3.05) is 0 Å². The van der Waals surface area contributed by atoms with Crippen molar-refractivity contribution >= 4 is 11.3 Å². The zero-order valence-electron chi connectivity index (χ0n) is 9.76. The predicted molar refractivity (Wildman–Crippen MR) is 75.8 cm³/mol. The van der Waals surface area contributed by atoms with Crippen LogP contribution in [0, 0.1) is 0 Å². The van der Waals surface area contributed by atoms with E-state index in [0.29, 0.717) is 0 Å². The maximum absolute atomic E-state index is 4.85. The van der Waals surface area contributed by atoms with Crippen molar-refractivity contribution < 1.29 is 0 Å². The molecular formula is C16H11NS. The average Bonchev–Trinajstić information content (AvgIpc) is 3.05. The summed E-state index contributed by atoms with van der Waals surface area (Å²) >= 11 is 1.74. The van der Waals surface area contributed by atoms with E-state index in [-0.39, 0.29) is 0 Å². The van der Waals surface area contributed by atoms with Crippen molar-refractivity contribution in [2.45, 2.75) is 6.42 Å². The van der Waals surface area contributed by atoms with Gasteiger partial charge in [-0.3, -0.25) is 0 Å². The molecule has 0 aliphatic heterocycles. The Morgan fingerprint density at radius 1 is 0.889 bits per heavy atom. The predicted octanol–water partition coefficient (Wildman–Crippen LogP) is 4.38. The van der Waals surface area contributed by atoms with E-state index < -0.39 is 0 Å². The molecule has 2 heteroatoms. The van der Waals surface area contributed by atoms with E-state index in [1.54, 1.807) is 11.3 Å². The first-order valence-electron chi connectivity index (χ1n) is 6.04. The Morgan fingerprint density at radius 2 is 1.83 bits per heavy atom. The fourth-order valence-corrected chi connectivity index (χ4v) is 3.23. The third-order valence-corrected chi connectivity index (χ3v) is 4.30. The van der Waals surface area contributed by atoms with Crippen molar-refractivity contribution in [1.29, 1.82) is 0 Å². The monoisotopic (exact) mass is 249 g/mol. The summed E-state index contributed by atoms with van der Waals surface area (Å²) in [6.07, 6.45) is 1.02. The lowest BCUT2D eigenvalue weighted by Gasteiger charge is -2.02. The van der Waals surface area contributed by atoms with Crippen molar-refractivity contribution in [1.82, 2.24) is 4.98 Å². The van der Waals surface area contributed by atoms with Crippen LogP contribution < -0.4 is 0 Å². The zero-order valence-corrected chi connectivity index (χ0v) is 10.6. The van der Waals surface area contributed by atoms with Crippen LogP contribution in [0.15, 0.2) is 53.9 Å². The summed E-state index contributed by atoms with van der Waals surface area (Å²) < 4.78 is 0. The van der Waals surface area contributed by atoms with E-state index in [9.17, 15) is 0 Å². The summed E-state index contributed by atoms with van der Waals surface area (Å²) in [4.78, 5) is 6.09. The summed E-state index contributed by atoms with van der Waals surface area (Å²) in [5.74, 6) is 0. The van der Waals surface area contributed by atoms with Crippen molar-refractivity contribution in [2.24, 2.45) is 0 Å². The van der Waals surface area contributed by atoms with Crippen LogP contribution in [0.2, 0.25) is 0 Å². The van der Waals surface area contributed by atoms with Crippen molar-refractivity contribution in [3.63, 3.8) is 0 Å². The highest BCUT2D eigenvalue weighted by Crippen LogP contribution is 2.36. The normalized spacial score (nSPS) is 12.2. The van der Waals surface area contributed by atoms with Gasteiger partial charge >= 0.3 is 0 Å². The van der Waals surface area contributed by atoms with Gasteiger partial charge in [-0.15, -0.1) is 11.3 Å². The topological polar surface area (TPSA) is 12.9 Å². The van der Waals surface area contributed by atoms with Crippen LogP contribution in [0.3, 0.4) is 0 Å². The molecule has 4 rings (SSSR count). The van der Waals surface area contributed by atoms with Crippen LogP contribution in [0.1, 0.15) is 11.1 Å². The summed E-state index contributed by atoms with van der Waals surface area (Å²) in [5.41, 5.74) is 6.28. The molecule has 0 atom stereocenters. The lowest BCUT2D eigenvalue weighted by atomic mass is 10.1. The summed E-state index contributed by atoms with van der Waals surface area (Å²) in [6.45, 7) is 0. The van der Waals surface area contributed by atoms with Crippen LogP contribution in [0.4, 0.5) is 0 Å². The van der Waals surface area contributed by atoms with Crippen LogP contribution in [0.5, 0.6) is 0 Å². The van der Waals surface area contributed by atoms with Gasteiger partial charge in [0.15, 0.2) is 0 Å². The maximum atomic E-state index is 4.85. The Labute approximate surface area is 110 Å². The molecule has 0 N–H and O–H groups in total. The molecule has 2 aromatic heterocycles. The Morgan fingerprint density at radius 3 is 2.72 bits per heavy atom. The van der Waals surface area contributed by atoms with Gasteiger partial charge in [-0.25, -0.2) is 4.98 Å². The highest BCUT2D eigenvalue weighted by atomic mass is 32.1. The minimum Gasteiger partial charge on any atom is -0.247 e. The third-order valence-electron chi connectivity index (χ3n) is 3.41. The molecule has 0 amide bonds. The van der Waals surface area contributed by atoms with E-state index in [1.807, 2.05) is 0 Å². The van der Waals surface area contributed by atoms with Crippen molar-refractivity contribution in [3.8, 4) is 21.8 Å². The van der Waals surface area contributed by atoms with Gasteiger partial charge < -0.3 is 0 Å². The molecule has 2 heterocycles. The molecule has 0 unspecified atom stereocenters. The number of aromatic nitrogens is 1. The molecule has 0 spiro atoms. The molecule has 86 valence electrons. The van der Waals surface area contributed by atoms with E-state index >= 15 is 0 Å². The Bertz CT molecular complexity index is 714. The molecule has 3 aromatic rings. The first-order valence-corrected chi connectivity index (χ1v) is 6.92. The number of rotatable bonds is 1. The lowest BCUT2D eigenvalue weighted by Crippen LogP contribution is -1.87. The SMILES string of the molecule is c1csc(-c2ccc3c(n2)-c2ccccc2C3)c1.